The maximum Gasteiger partial charge on any atom is 0.191 e. The summed E-state index contributed by atoms with van der Waals surface area (Å²) < 4.78 is 5.39. The third-order valence-corrected chi connectivity index (χ3v) is 5.26. The quantitative estimate of drug-likeness (QED) is 0.413. The first-order valence-electron chi connectivity index (χ1n) is 8.34. The van der Waals surface area contributed by atoms with Crippen LogP contribution in [0.5, 0.6) is 5.75 Å². The number of halogens is 1. The molecule has 0 unspecified atom stereocenters. The maximum absolute atomic E-state index is 5.39. The summed E-state index contributed by atoms with van der Waals surface area (Å²) in [5, 5.41) is 6.94. The summed E-state index contributed by atoms with van der Waals surface area (Å²) in [6.07, 6.45) is 7.01. The molecule has 23 heavy (non-hydrogen) atoms. The molecule has 2 aliphatic rings. The second kappa shape index (κ2) is 8.22. The summed E-state index contributed by atoms with van der Waals surface area (Å²) in [4.78, 5) is 4.35. The summed E-state index contributed by atoms with van der Waals surface area (Å²) in [5.41, 5.74) is 1.70. The molecule has 2 saturated carbocycles. The number of hydrogen-bond acceptors (Lipinski definition) is 2. The van der Waals surface area contributed by atoms with Crippen LogP contribution < -0.4 is 15.4 Å². The van der Waals surface area contributed by atoms with Crippen molar-refractivity contribution in [2.75, 3.05) is 20.7 Å². The van der Waals surface area contributed by atoms with Gasteiger partial charge in [0, 0.05) is 25.7 Å². The van der Waals surface area contributed by atoms with Gasteiger partial charge >= 0.3 is 0 Å². The summed E-state index contributed by atoms with van der Waals surface area (Å²) in [6.45, 7) is 1.78. The van der Waals surface area contributed by atoms with E-state index in [0.29, 0.717) is 5.41 Å². The minimum absolute atomic E-state index is 0. The SMILES string of the molecule is CN=C(NCc1ccccc1OC)NCC1(C2CC2)CCC1.I. The van der Waals surface area contributed by atoms with Crippen molar-refractivity contribution in [3.8, 4) is 5.75 Å². The Hall–Kier alpha value is -0.980. The number of aliphatic imine (C=N–C) groups is 1. The van der Waals surface area contributed by atoms with Gasteiger partial charge in [0.2, 0.25) is 0 Å². The van der Waals surface area contributed by atoms with Gasteiger partial charge in [0.15, 0.2) is 5.96 Å². The number of para-hydroxylation sites is 1. The van der Waals surface area contributed by atoms with E-state index in [1.165, 1.54) is 32.1 Å². The molecule has 2 aliphatic carbocycles. The van der Waals surface area contributed by atoms with E-state index in [1.54, 1.807) is 7.11 Å². The molecule has 4 nitrogen and oxygen atoms in total. The van der Waals surface area contributed by atoms with E-state index >= 15 is 0 Å². The van der Waals surface area contributed by atoms with Crippen LogP contribution in [-0.4, -0.2) is 26.7 Å². The van der Waals surface area contributed by atoms with Crippen molar-refractivity contribution in [2.24, 2.45) is 16.3 Å². The van der Waals surface area contributed by atoms with Crippen molar-refractivity contribution in [3.63, 3.8) is 0 Å². The van der Waals surface area contributed by atoms with Gasteiger partial charge in [-0.2, -0.15) is 0 Å². The lowest BCUT2D eigenvalue weighted by atomic mass is 9.65. The molecule has 3 rings (SSSR count). The maximum atomic E-state index is 5.39. The number of guanidine groups is 1. The molecule has 128 valence electrons. The van der Waals surface area contributed by atoms with Crippen LogP contribution in [0.1, 0.15) is 37.7 Å². The van der Waals surface area contributed by atoms with Crippen molar-refractivity contribution in [1.82, 2.24) is 10.6 Å². The molecule has 2 N–H and O–H groups in total. The van der Waals surface area contributed by atoms with Gasteiger partial charge in [0.05, 0.1) is 7.11 Å². The van der Waals surface area contributed by atoms with Crippen LogP contribution in [0.15, 0.2) is 29.3 Å². The number of hydrogen-bond donors (Lipinski definition) is 2. The standard InChI is InChI=1S/C18H27N3O.HI/c1-19-17(20-12-14-6-3-4-7-16(14)22-2)21-13-18(10-5-11-18)15-8-9-15;/h3-4,6-7,15H,5,8-13H2,1-2H3,(H2,19,20,21);1H. The molecular formula is C18H28IN3O. The van der Waals surface area contributed by atoms with Gasteiger partial charge in [-0.25, -0.2) is 0 Å². The second-order valence-electron chi connectivity index (χ2n) is 6.58. The number of nitrogens with zero attached hydrogens (tertiary/aromatic N) is 1. The molecule has 0 radical (unpaired) electrons. The zero-order valence-corrected chi connectivity index (χ0v) is 16.4. The minimum atomic E-state index is 0. The third-order valence-electron chi connectivity index (χ3n) is 5.26. The first-order valence-corrected chi connectivity index (χ1v) is 8.34. The van der Waals surface area contributed by atoms with Gasteiger partial charge in [-0.15, -0.1) is 24.0 Å². The summed E-state index contributed by atoms with van der Waals surface area (Å²) in [7, 11) is 3.55. The second-order valence-corrected chi connectivity index (χ2v) is 6.58. The van der Waals surface area contributed by atoms with Crippen LogP contribution in [0.3, 0.4) is 0 Å². The van der Waals surface area contributed by atoms with Gasteiger partial charge in [0.25, 0.3) is 0 Å². The molecule has 0 amide bonds. The van der Waals surface area contributed by atoms with E-state index in [1.807, 2.05) is 25.2 Å². The van der Waals surface area contributed by atoms with Crippen LogP contribution in [0, 0.1) is 11.3 Å². The third kappa shape index (κ3) is 4.31. The molecule has 5 heteroatoms. The van der Waals surface area contributed by atoms with Crippen molar-refractivity contribution in [1.29, 1.82) is 0 Å². The Labute approximate surface area is 156 Å². The predicted molar refractivity (Wildman–Crippen MR) is 106 cm³/mol. The van der Waals surface area contributed by atoms with Gasteiger partial charge in [-0.1, -0.05) is 24.6 Å². The van der Waals surface area contributed by atoms with Gasteiger partial charge in [-0.05, 0) is 43.1 Å². The fourth-order valence-electron chi connectivity index (χ4n) is 3.56. The molecule has 0 bridgehead atoms. The summed E-state index contributed by atoms with van der Waals surface area (Å²) >= 11 is 0. The van der Waals surface area contributed by atoms with Crippen molar-refractivity contribution in [3.05, 3.63) is 29.8 Å². The number of ether oxygens (including phenoxy) is 1. The lowest BCUT2D eigenvalue weighted by Crippen LogP contribution is -2.47. The van der Waals surface area contributed by atoms with Gasteiger partial charge < -0.3 is 15.4 Å². The van der Waals surface area contributed by atoms with E-state index in [0.717, 1.165) is 36.3 Å². The van der Waals surface area contributed by atoms with Crippen LogP contribution in [-0.2, 0) is 6.54 Å². The fourth-order valence-corrected chi connectivity index (χ4v) is 3.56. The zero-order valence-electron chi connectivity index (χ0n) is 14.1. The van der Waals surface area contributed by atoms with Crippen LogP contribution >= 0.6 is 24.0 Å². The van der Waals surface area contributed by atoms with Crippen LogP contribution in [0.4, 0.5) is 0 Å². The number of rotatable bonds is 6. The Balaban J connectivity index is 0.00000192. The van der Waals surface area contributed by atoms with E-state index in [-0.39, 0.29) is 24.0 Å². The van der Waals surface area contributed by atoms with Crippen LogP contribution in [0.25, 0.3) is 0 Å². The smallest absolute Gasteiger partial charge is 0.191 e. The average Bonchev–Trinajstić information content (AvgIpc) is 3.34. The highest BCUT2D eigenvalue weighted by Gasteiger charge is 2.48. The molecule has 0 saturated heterocycles. The average molecular weight is 429 g/mol. The van der Waals surface area contributed by atoms with Crippen molar-refractivity contribution in [2.45, 2.75) is 38.6 Å². The monoisotopic (exact) mass is 429 g/mol. The molecule has 0 aromatic heterocycles. The van der Waals surface area contributed by atoms with Crippen LogP contribution in [0.2, 0.25) is 0 Å². The lowest BCUT2D eigenvalue weighted by molar-refractivity contribution is 0.106. The minimum Gasteiger partial charge on any atom is -0.496 e. The highest BCUT2D eigenvalue weighted by Crippen LogP contribution is 2.56. The van der Waals surface area contributed by atoms with E-state index in [9.17, 15) is 0 Å². The molecule has 0 heterocycles. The van der Waals surface area contributed by atoms with E-state index in [4.69, 9.17) is 4.74 Å². The Kier molecular flexibility index (Phi) is 6.56. The molecule has 1 aromatic carbocycles. The first kappa shape index (κ1) is 18.4. The van der Waals surface area contributed by atoms with E-state index < -0.39 is 0 Å². The first-order chi connectivity index (χ1) is 10.8. The number of methoxy groups -OCH3 is 1. The molecule has 0 atom stereocenters. The highest BCUT2D eigenvalue weighted by atomic mass is 127. The molecular weight excluding hydrogens is 401 g/mol. The Morgan fingerprint density at radius 2 is 2.00 bits per heavy atom. The van der Waals surface area contributed by atoms with Crippen molar-refractivity contribution < 1.29 is 4.74 Å². The normalized spacial score (nSPS) is 19.3. The molecule has 1 aromatic rings. The Bertz CT molecular complexity index is 539. The summed E-state index contributed by atoms with van der Waals surface area (Å²) in [6, 6.07) is 8.10. The number of benzene rings is 1. The zero-order chi connectivity index (χ0) is 15.4. The van der Waals surface area contributed by atoms with Gasteiger partial charge in [0.1, 0.15) is 5.75 Å². The Morgan fingerprint density at radius 3 is 2.57 bits per heavy atom. The van der Waals surface area contributed by atoms with E-state index in [2.05, 4.69) is 21.7 Å². The molecule has 0 spiro atoms. The molecule has 2 fully saturated rings. The Morgan fingerprint density at radius 1 is 1.26 bits per heavy atom. The molecule has 0 aliphatic heterocycles. The largest absolute Gasteiger partial charge is 0.496 e. The number of nitrogens with one attached hydrogen (secondary N) is 2. The lowest BCUT2D eigenvalue weighted by Gasteiger charge is -2.43. The predicted octanol–water partition coefficient (Wildman–Crippen LogP) is 3.56. The topological polar surface area (TPSA) is 45.7 Å². The fraction of sp³-hybridized carbons (Fsp3) is 0.611. The summed E-state index contributed by atoms with van der Waals surface area (Å²) in [5.74, 6) is 2.76. The highest BCUT2D eigenvalue weighted by molar-refractivity contribution is 14.0. The van der Waals surface area contributed by atoms with Crippen molar-refractivity contribution >= 4 is 29.9 Å². The van der Waals surface area contributed by atoms with Gasteiger partial charge in [-0.3, -0.25) is 4.99 Å².